The molecule has 0 saturated heterocycles. The summed E-state index contributed by atoms with van der Waals surface area (Å²) in [7, 11) is 0. The van der Waals surface area contributed by atoms with E-state index in [9.17, 15) is 9.35 Å². The Bertz CT molecular complexity index is 557. The van der Waals surface area contributed by atoms with Crippen molar-refractivity contribution in [2.75, 3.05) is 6.61 Å². The highest BCUT2D eigenvalue weighted by Gasteiger charge is 2.38. The molecule has 0 aliphatic heterocycles. The van der Waals surface area contributed by atoms with Crippen molar-refractivity contribution in [1.29, 1.82) is 0 Å². The Labute approximate surface area is 149 Å². The van der Waals surface area contributed by atoms with E-state index in [1.807, 2.05) is 39.8 Å². The number of benzene rings is 1. The zero-order valence-electron chi connectivity index (χ0n) is 16.1. The Morgan fingerprint density at radius 2 is 1.75 bits per heavy atom. The van der Waals surface area contributed by atoms with Gasteiger partial charge in [-0.2, -0.15) is 0 Å². The lowest BCUT2D eigenvalue weighted by atomic mass is 9.78. The summed E-state index contributed by atoms with van der Waals surface area (Å²) in [5.74, 6) is -0.387. The molecule has 2 unspecified atom stereocenters. The molecule has 0 amide bonds. The first-order valence-electron chi connectivity index (χ1n) is 8.41. The summed E-state index contributed by atoms with van der Waals surface area (Å²) >= 11 is -1.48. The molecule has 0 bridgehead atoms. The summed E-state index contributed by atoms with van der Waals surface area (Å²) in [5.41, 5.74) is 2.94. The monoisotopic (exact) mass is 353 g/mol. The largest absolute Gasteiger partial charge is 0.593 e. The second-order valence-corrected chi connectivity index (χ2v) is 8.68. The summed E-state index contributed by atoms with van der Waals surface area (Å²) in [6, 6.07) is 3.40. The smallest absolute Gasteiger partial charge is 0.328 e. The Morgan fingerprint density at radius 1 is 1.25 bits per heavy atom. The van der Waals surface area contributed by atoms with Crippen LogP contribution in [0.25, 0.3) is 0 Å². The van der Waals surface area contributed by atoms with Crippen LogP contribution in [0.15, 0.2) is 17.0 Å². The topological polar surface area (TPSA) is 61.4 Å². The van der Waals surface area contributed by atoms with Crippen molar-refractivity contribution in [2.24, 2.45) is 11.3 Å². The molecule has 0 fully saturated rings. The number of aryl methyl sites for hydroxylation is 3. The lowest BCUT2D eigenvalue weighted by Gasteiger charge is -2.33. The second kappa shape index (κ2) is 8.37. The number of hydrogen-bond acceptors (Lipinski definition) is 4. The van der Waals surface area contributed by atoms with Crippen LogP contribution in [0.3, 0.4) is 0 Å². The Kier molecular flexibility index (Phi) is 7.32. The lowest BCUT2D eigenvalue weighted by molar-refractivity contribution is -0.147. The van der Waals surface area contributed by atoms with E-state index in [2.05, 4.69) is 25.5 Å². The number of esters is 1. The first-order valence-corrected chi connectivity index (χ1v) is 9.56. The van der Waals surface area contributed by atoms with Crippen molar-refractivity contribution in [3.63, 3.8) is 0 Å². The third-order valence-corrected chi connectivity index (χ3v) is 5.91. The predicted octanol–water partition coefficient (Wildman–Crippen LogP) is 3.84. The summed E-state index contributed by atoms with van der Waals surface area (Å²) < 4.78 is 21.2. The highest BCUT2D eigenvalue weighted by molar-refractivity contribution is 7.89. The van der Waals surface area contributed by atoms with Gasteiger partial charge < -0.3 is 9.29 Å². The van der Waals surface area contributed by atoms with Gasteiger partial charge in [0.25, 0.3) is 0 Å². The minimum absolute atomic E-state index is 0.0356. The maximum Gasteiger partial charge on any atom is 0.328 e. The molecule has 0 aromatic heterocycles. The molecule has 0 heterocycles. The number of carbonyl (C=O) groups excluding carboxylic acids is 1. The summed E-state index contributed by atoms with van der Waals surface area (Å²) in [4.78, 5) is 13.1. The molecule has 0 spiro atoms. The van der Waals surface area contributed by atoms with Gasteiger partial charge >= 0.3 is 5.97 Å². The van der Waals surface area contributed by atoms with Gasteiger partial charge in [-0.25, -0.2) is 0 Å². The van der Waals surface area contributed by atoms with Crippen molar-refractivity contribution in [3.05, 3.63) is 28.8 Å². The molecule has 1 aromatic rings. The van der Waals surface area contributed by atoms with Gasteiger partial charge in [-0.3, -0.25) is 4.79 Å². The average Bonchev–Trinajstić information content (AvgIpc) is 2.42. The Balaban J connectivity index is 3.12. The lowest BCUT2D eigenvalue weighted by Crippen LogP contribution is -2.49. The quantitative estimate of drug-likeness (QED) is 0.623. The van der Waals surface area contributed by atoms with E-state index in [-0.39, 0.29) is 17.3 Å². The number of ether oxygens (including phenoxy) is 1. The van der Waals surface area contributed by atoms with E-state index in [0.29, 0.717) is 6.61 Å². The van der Waals surface area contributed by atoms with Gasteiger partial charge in [0.1, 0.15) is 0 Å². The van der Waals surface area contributed by atoms with Crippen LogP contribution in [0.5, 0.6) is 0 Å². The van der Waals surface area contributed by atoms with Crippen molar-refractivity contribution < 1.29 is 14.1 Å². The molecule has 1 aromatic carbocycles. The number of hydrogen-bond donors (Lipinski definition) is 1. The zero-order chi connectivity index (χ0) is 18.7. The summed E-state index contributed by atoms with van der Waals surface area (Å²) in [6.07, 6.45) is 0. The summed E-state index contributed by atoms with van der Waals surface area (Å²) in [6.45, 7) is 16.2. The van der Waals surface area contributed by atoms with Crippen LogP contribution >= 0.6 is 0 Å². The van der Waals surface area contributed by atoms with Crippen LogP contribution in [0.4, 0.5) is 0 Å². The maximum atomic E-state index is 12.9. The highest BCUT2D eigenvalue weighted by atomic mass is 32.2. The molecule has 5 heteroatoms. The van der Waals surface area contributed by atoms with Gasteiger partial charge in [0.2, 0.25) is 0 Å². The van der Waals surface area contributed by atoms with E-state index in [0.717, 1.165) is 21.6 Å². The molecule has 1 N–H and O–H groups in total. The number of rotatable bonds is 6. The Hall–Kier alpha value is -1.04. The normalized spacial score (nSPS) is 15.7. The van der Waals surface area contributed by atoms with Crippen molar-refractivity contribution in [2.45, 2.75) is 66.3 Å². The van der Waals surface area contributed by atoms with Gasteiger partial charge in [0, 0.05) is 11.1 Å². The fraction of sp³-hybridized carbons (Fsp3) is 0.632. The third-order valence-electron chi connectivity index (χ3n) is 4.43. The average molecular weight is 354 g/mol. The van der Waals surface area contributed by atoms with Gasteiger partial charge in [0.15, 0.2) is 10.9 Å². The van der Waals surface area contributed by atoms with E-state index < -0.39 is 17.4 Å². The molecule has 0 saturated carbocycles. The van der Waals surface area contributed by atoms with E-state index in [4.69, 9.17) is 4.74 Å². The number of carbonyl (C=O) groups is 1. The van der Waals surface area contributed by atoms with Crippen LogP contribution in [-0.4, -0.2) is 23.2 Å². The minimum atomic E-state index is -1.48. The molecule has 0 aliphatic carbocycles. The third kappa shape index (κ3) is 5.23. The number of nitrogens with one attached hydrogen (secondary N) is 1. The van der Waals surface area contributed by atoms with Gasteiger partial charge in [-0.05, 0) is 39.0 Å². The first kappa shape index (κ1) is 21.0. The molecule has 136 valence electrons. The molecule has 1 rings (SSSR count). The second-order valence-electron chi connectivity index (χ2n) is 7.50. The SMILES string of the molecule is CCOC(=O)[C@@H](N[S+]([O-])c1c(C)cc(C)cc1C)C(C)C(C)(C)C. The van der Waals surface area contributed by atoms with E-state index in [1.54, 1.807) is 6.92 Å². The van der Waals surface area contributed by atoms with Crippen molar-refractivity contribution in [3.8, 4) is 0 Å². The van der Waals surface area contributed by atoms with Gasteiger partial charge in [-0.15, -0.1) is 4.72 Å². The van der Waals surface area contributed by atoms with Crippen LogP contribution in [0.1, 0.15) is 51.3 Å². The minimum Gasteiger partial charge on any atom is -0.593 e. The van der Waals surface area contributed by atoms with E-state index in [1.165, 1.54) is 0 Å². The molecule has 3 atom stereocenters. The van der Waals surface area contributed by atoms with Crippen LogP contribution < -0.4 is 4.72 Å². The molecule has 24 heavy (non-hydrogen) atoms. The van der Waals surface area contributed by atoms with Crippen LogP contribution in [0.2, 0.25) is 0 Å². The molecule has 0 aliphatic rings. The summed E-state index contributed by atoms with van der Waals surface area (Å²) in [5, 5.41) is 0. The first-order chi connectivity index (χ1) is 11.0. The Morgan fingerprint density at radius 3 is 2.17 bits per heavy atom. The zero-order valence-corrected chi connectivity index (χ0v) is 17.0. The fourth-order valence-corrected chi connectivity index (χ4v) is 4.07. The maximum absolute atomic E-state index is 12.9. The predicted molar refractivity (Wildman–Crippen MR) is 99.2 cm³/mol. The van der Waals surface area contributed by atoms with Gasteiger partial charge in [0.05, 0.1) is 18.0 Å². The fourth-order valence-electron chi connectivity index (χ4n) is 2.72. The highest BCUT2D eigenvalue weighted by Crippen LogP contribution is 2.30. The van der Waals surface area contributed by atoms with Gasteiger partial charge in [-0.1, -0.05) is 45.4 Å². The molecular weight excluding hydrogens is 322 g/mol. The van der Waals surface area contributed by atoms with Crippen LogP contribution in [0, 0.1) is 32.1 Å². The van der Waals surface area contributed by atoms with E-state index >= 15 is 0 Å². The molecular formula is C19H31NO3S. The molecule has 0 radical (unpaired) electrons. The van der Waals surface area contributed by atoms with Crippen molar-refractivity contribution >= 4 is 17.3 Å². The van der Waals surface area contributed by atoms with Crippen LogP contribution in [-0.2, 0) is 20.9 Å². The molecule has 4 nitrogen and oxygen atoms in total. The van der Waals surface area contributed by atoms with Crippen molar-refractivity contribution in [1.82, 2.24) is 4.72 Å². The standard InChI is InChI=1S/C19H31NO3S/c1-9-23-18(21)16(15(5)19(6,7)8)20-24(22)17-13(3)10-12(2)11-14(17)4/h10-11,15-16,20H,9H2,1-8H3/t15?,16-,24?/m0/s1.